The molecule has 0 spiro atoms. The van der Waals surface area contributed by atoms with Crippen molar-refractivity contribution in [3.8, 4) is 0 Å². The maximum Gasteiger partial charge on any atom is 0.0431 e. The molecule has 0 bridgehead atoms. The van der Waals surface area contributed by atoms with Gasteiger partial charge in [0.2, 0.25) is 0 Å². The van der Waals surface area contributed by atoms with Crippen molar-refractivity contribution in [2.45, 2.75) is 170 Å². The van der Waals surface area contributed by atoms with E-state index in [0.29, 0.717) is 19.8 Å². The molecule has 0 aliphatic rings. The fourth-order valence-corrected chi connectivity index (χ4v) is 15.3. The molecule has 272 valence electrons. The summed E-state index contributed by atoms with van der Waals surface area (Å²) in [6, 6.07) is 0. The predicted molar refractivity (Wildman–Crippen MR) is 223 cm³/mol. The van der Waals surface area contributed by atoms with E-state index in [0.717, 1.165) is 35.0 Å². The molecular formula is C35H72O3S7. The van der Waals surface area contributed by atoms with Crippen LogP contribution in [-0.4, -0.2) is 80.7 Å². The molecule has 3 N–H and O–H groups in total. The molecule has 0 radical (unpaired) electrons. The molecule has 0 fully saturated rings. The molecular weight excluding hydrogens is 693 g/mol. The summed E-state index contributed by atoms with van der Waals surface area (Å²) in [5.74, 6) is 3.80. The molecule has 0 aromatic rings. The first kappa shape index (κ1) is 47.3. The lowest BCUT2D eigenvalue weighted by Gasteiger charge is -2.20. The van der Waals surface area contributed by atoms with Crippen molar-refractivity contribution in [1.82, 2.24) is 0 Å². The molecule has 0 aromatic carbocycles. The fraction of sp³-hybridized carbons (Fsp3) is 1.00. The van der Waals surface area contributed by atoms with Gasteiger partial charge in [-0.15, -0.1) is 0 Å². The zero-order chi connectivity index (χ0) is 32.9. The fourth-order valence-electron chi connectivity index (χ4n) is 5.26. The van der Waals surface area contributed by atoms with Crippen LogP contribution in [0.25, 0.3) is 0 Å². The second kappa shape index (κ2) is 40.8. The summed E-state index contributed by atoms with van der Waals surface area (Å²) >= 11 is 2.07. The highest BCUT2D eigenvalue weighted by atomic mass is 33.1. The number of hydrogen-bond acceptors (Lipinski definition) is 10. The Labute approximate surface area is 309 Å². The molecule has 0 aliphatic carbocycles. The van der Waals surface area contributed by atoms with Gasteiger partial charge in [-0.1, -0.05) is 180 Å². The summed E-state index contributed by atoms with van der Waals surface area (Å²) in [6.45, 7) is 1.04. The number of thioether (sulfide) groups is 1. The van der Waals surface area contributed by atoms with E-state index in [9.17, 15) is 0 Å². The molecule has 0 aromatic heterocycles. The Balaban J connectivity index is 4.51. The van der Waals surface area contributed by atoms with E-state index < -0.39 is 0 Å². The SMILES string of the molecule is CSSCC(CCCCCCCCCO)SSCC(CCCCCCCCCO)SSCC(CCCCCCCCCO)SC. The summed E-state index contributed by atoms with van der Waals surface area (Å²) in [5, 5.41) is 29.2. The molecule has 10 heteroatoms. The summed E-state index contributed by atoms with van der Waals surface area (Å²) in [6.07, 6.45) is 35.1. The lowest BCUT2D eigenvalue weighted by atomic mass is 10.1. The van der Waals surface area contributed by atoms with Gasteiger partial charge in [-0.05, 0) is 51.0 Å². The molecule has 45 heavy (non-hydrogen) atoms. The Kier molecular flexibility index (Phi) is 42.9. The number of unbranched alkanes of at least 4 members (excludes halogenated alkanes) is 18. The number of rotatable bonds is 39. The Morgan fingerprint density at radius 1 is 0.356 bits per heavy atom. The van der Waals surface area contributed by atoms with E-state index in [1.54, 1.807) is 0 Å². The van der Waals surface area contributed by atoms with Crippen molar-refractivity contribution < 1.29 is 15.3 Å². The Morgan fingerprint density at radius 2 is 0.644 bits per heavy atom. The lowest BCUT2D eigenvalue weighted by molar-refractivity contribution is 0.282. The summed E-state index contributed by atoms with van der Waals surface area (Å²) < 4.78 is 0. The van der Waals surface area contributed by atoms with Crippen LogP contribution < -0.4 is 0 Å². The van der Waals surface area contributed by atoms with Gasteiger partial charge in [0.15, 0.2) is 0 Å². The topological polar surface area (TPSA) is 60.7 Å². The smallest absolute Gasteiger partial charge is 0.0431 e. The van der Waals surface area contributed by atoms with Crippen molar-refractivity contribution in [1.29, 1.82) is 0 Å². The Morgan fingerprint density at radius 3 is 0.978 bits per heavy atom. The van der Waals surface area contributed by atoms with Gasteiger partial charge in [0.1, 0.15) is 0 Å². The van der Waals surface area contributed by atoms with Crippen LogP contribution >= 0.6 is 76.5 Å². The first-order valence-corrected chi connectivity index (χ1v) is 27.1. The lowest BCUT2D eigenvalue weighted by Crippen LogP contribution is -2.09. The van der Waals surface area contributed by atoms with Crippen LogP contribution in [0.3, 0.4) is 0 Å². The normalized spacial score (nSPS) is 13.8. The molecule has 0 saturated carbocycles. The van der Waals surface area contributed by atoms with E-state index in [2.05, 4.69) is 67.4 Å². The van der Waals surface area contributed by atoms with Crippen molar-refractivity contribution >= 4 is 76.5 Å². The van der Waals surface area contributed by atoms with Gasteiger partial charge in [0.25, 0.3) is 0 Å². The van der Waals surface area contributed by atoms with Gasteiger partial charge in [0.05, 0.1) is 0 Å². The average Bonchev–Trinajstić information content (AvgIpc) is 3.05. The maximum atomic E-state index is 9.01. The van der Waals surface area contributed by atoms with Crippen LogP contribution in [-0.2, 0) is 0 Å². The van der Waals surface area contributed by atoms with Crippen molar-refractivity contribution in [2.75, 3.05) is 49.6 Å². The third-order valence-electron chi connectivity index (χ3n) is 8.17. The van der Waals surface area contributed by atoms with Crippen LogP contribution in [0, 0.1) is 0 Å². The minimum Gasteiger partial charge on any atom is -0.396 e. The molecule has 3 unspecified atom stereocenters. The molecule has 3 atom stereocenters. The van der Waals surface area contributed by atoms with Crippen molar-refractivity contribution in [2.24, 2.45) is 0 Å². The second-order valence-corrected chi connectivity index (χ2v) is 21.4. The van der Waals surface area contributed by atoms with Gasteiger partial charge in [-0.25, -0.2) is 0 Å². The number of aliphatic hydroxyl groups is 3. The van der Waals surface area contributed by atoms with E-state index in [1.165, 1.54) is 152 Å². The van der Waals surface area contributed by atoms with Crippen molar-refractivity contribution in [3.05, 3.63) is 0 Å². The minimum absolute atomic E-state index is 0.346. The van der Waals surface area contributed by atoms with Crippen LogP contribution in [0.15, 0.2) is 0 Å². The summed E-state index contributed by atoms with van der Waals surface area (Å²) in [5.41, 5.74) is 0. The van der Waals surface area contributed by atoms with E-state index in [1.807, 2.05) is 21.6 Å². The maximum absolute atomic E-state index is 9.01. The monoisotopic (exact) mass is 764 g/mol. The summed E-state index contributed by atoms with van der Waals surface area (Å²) in [7, 11) is 12.6. The van der Waals surface area contributed by atoms with Crippen LogP contribution in [0.5, 0.6) is 0 Å². The minimum atomic E-state index is 0.346. The third kappa shape index (κ3) is 35.9. The molecule has 0 rings (SSSR count). The zero-order valence-corrected chi connectivity index (χ0v) is 34.9. The molecule has 3 nitrogen and oxygen atoms in total. The van der Waals surface area contributed by atoms with Gasteiger partial charge in [-0.3, -0.25) is 0 Å². The van der Waals surface area contributed by atoms with Crippen LogP contribution in [0.2, 0.25) is 0 Å². The highest BCUT2D eigenvalue weighted by Gasteiger charge is 2.16. The van der Waals surface area contributed by atoms with E-state index in [-0.39, 0.29) is 0 Å². The van der Waals surface area contributed by atoms with Crippen LogP contribution in [0.4, 0.5) is 0 Å². The molecule has 0 heterocycles. The van der Waals surface area contributed by atoms with Crippen molar-refractivity contribution in [3.63, 3.8) is 0 Å². The van der Waals surface area contributed by atoms with E-state index >= 15 is 0 Å². The summed E-state index contributed by atoms with van der Waals surface area (Å²) in [4.78, 5) is 0. The van der Waals surface area contributed by atoms with Gasteiger partial charge in [-0.2, -0.15) is 11.8 Å². The number of hydrogen-bond donors (Lipinski definition) is 3. The second-order valence-electron chi connectivity index (χ2n) is 12.3. The zero-order valence-electron chi connectivity index (χ0n) is 29.1. The standard InChI is InChI=1S/C35H72O3S7/c1-39-33(24-18-12-6-3-9-15-21-27-36)30-42-45-35(26-20-14-8-5-11-17-23-29-38)32-43-44-34(31-41-40-2)25-19-13-7-4-10-16-22-28-37/h33-38H,3-32H2,1-2H3. The highest BCUT2D eigenvalue weighted by molar-refractivity contribution is 8.79. The Hall–Kier alpha value is 2.33. The highest BCUT2D eigenvalue weighted by Crippen LogP contribution is 2.40. The largest absolute Gasteiger partial charge is 0.396 e. The quantitative estimate of drug-likeness (QED) is 0.0416. The van der Waals surface area contributed by atoms with Gasteiger partial charge in [0, 0.05) is 52.8 Å². The molecule has 0 aliphatic heterocycles. The first-order chi connectivity index (χ1) is 22.2. The third-order valence-corrected chi connectivity index (χ3v) is 17.7. The predicted octanol–water partition coefficient (Wildman–Crippen LogP) is 12.6. The Bertz CT molecular complexity index is 551. The van der Waals surface area contributed by atoms with Gasteiger partial charge >= 0.3 is 0 Å². The van der Waals surface area contributed by atoms with Crippen LogP contribution in [0.1, 0.15) is 154 Å². The van der Waals surface area contributed by atoms with Gasteiger partial charge < -0.3 is 15.3 Å². The van der Waals surface area contributed by atoms with E-state index in [4.69, 9.17) is 15.3 Å². The first-order valence-electron chi connectivity index (χ1n) is 18.3. The number of aliphatic hydroxyl groups excluding tert-OH is 3. The molecule has 0 amide bonds. The molecule has 0 saturated heterocycles. The average molecular weight is 765 g/mol.